The van der Waals surface area contributed by atoms with Crippen LogP contribution in [-0.2, 0) is 6.54 Å². The molecule has 2 aromatic heterocycles. The second kappa shape index (κ2) is 6.62. The first-order chi connectivity index (χ1) is 9.88. The standard InChI is InChI=1S/C15H16BrClN2O2/c1-9(2)19(8-12-5-4-10(3)21-12)15(20)13-6-11(16)7-18-14(13)17/h4-7,9H,8H2,1-3H3. The van der Waals surface area contributed by atoms with Crippen molar-refractivity contribution in [3.8, 4) is 0 Å². The van der Waals surface area contributed by atoms with Crippen molar-refractivity contribution in [1.29, 1.82) is 0 Å². The monoisotopic (exact) mass is 370 g/mol. The highest BCUT2D eigenvalue weighted by molar-refractivity contribution is 9.10. The van der Waals surface area contributed by atoms with Crippen molar-refractivity contribution in [2.75, 3.05) is 0 Å². The molecule has 0 saturated carbocycles. The normalized spacial score (nSPS) is 11.0. The second-order valence-electron chi connectivity index (χ2n) is 5.03. The fourth-order valence-electron chi connectivity index (χ4n) is 1.95. The van der Waals surface area contributed by atoms with E-state index in [4.69, 9.17) is 16.0 Å². The lowest BCUT2D eigenvalue weighted by Gasteiger charge is -2.26. The summed E-state index contributed by atoms with van der Waals surface area (Å²) in [6.45, 7) is 6.17. The maximum Gasteiger partial charge on any atom is 0.257 e. The van der Waals surface area contributed by atoms with Gasteiger partial charge in [0.15, 0.2) is 0 Å². The van der Waals surface area contributed by atoms with E-state index in [1.54, 1.807) is 17.2 Å². The van der Waals surface area contributed by atoms with Gasteiger partial charge in [0.05, 0.1) is 12.1 Å². The van der Waals surface area contributed by atoms with Crippen LogP contribution >= 0.6 is 27.5 Å². The third-order valence-corrected chi connectivity index (χ3v) is 3.78. The molecular formula is C15H16BrClN2O2. The van der Waals surface area contributed by atoms with Gasteiger partial charge in [-0.15, -0.1) is 0 Å². The minimum absolute atomic E-state index is 0.0120. The number of carbonyl (C=O) groups is 1. The van der Waals surface area contributed by atoms with Crippen molar-refractivity contribution in [3.63, 3.8) is 0 Å². The van der Waals surface area contributed by atoms with Crippen molar-refractivity contribution >= 4 is 33.4 Å². The first kappa shape index (κ1) is 16.0. The molecule has 0 N–H and O–H groups in total. The van der Waals surface area contributed by atoms with E-state index in [1.165, 1.54) is 0 Å². The number of halogens is 2. The Morgan fingerprint density at radius 2 is 2.19 bits per heavy atom. The first-order valence-corrected chi connectivity index (χ1v) is 7.73. The van der Waals surface area contributed by atoms with Gasteiger partial charge in [-0.3, -0.25) is 4.79 Å². The lowest BCUT2D eigenvalue weighted by molar-refractivity contribution is 0.0675. The molecule has 2 rings (SSSR count). The summed E-state index contributed by atoms with van der Waals surface area (Å²) in [7, 11) is 0. The van der Waals surface area contributed by atoms with Crippen molar-refractivity contribution in [2.45, 2.75) is 33.4 Å². The molecule has 0 radical (unpaired) electrons. The molecule has 6 heteroatoms. The molecule has 21 heavy (non-hydrogen) atoms. The molecule has 0 aliphatic heterocycles. The lowest BCUT2D eigenvalue weighted by Crippen LogP contribution is -2.36. The Morgan fingerprint density at radius 1 is 1.48 bits per heavy atom. The van der Waals surface area contributed by atoms with E-state index in [9.17, 15) is 4.79 Å². The molecular weight excluding hydrogens is 356 g/mol. The highest BCUT2D eigenvalue weighted by Crippen LogP contribution is 2.22. The molecule has 0 fully saturated rings. The molecule has 0 aliphatic carbocycles. The van der Waals surface area contributed by atoms with Crippen LogP contribution in [0.4, 0.5) is 0 Å². The highest BCUT2D eigenvalue weighted by Gasteiger charge is 2.23. The van der Waals surface area contributed by atoms with E-state index >= 15 is 0 Å². The van der Waals surface area contributed by atoms with Crippen LogP contribution < -0.4 is 0 Å². The summed E-state index contributed by atoms with van der Waals surface area (Å²) in [6.07, 6.45) is 1.56. The third kappa shape index (κ3) is 3.86. The summed E-state index contributed by atoms with van der Waals surface area (Å²) < 4.78 is 6.27. The smallest absolute Gasteiger partial charge is 0.257 e. The maximum atomic E-state index is 12.7. The zero-order valence-corrected chi connectivity index (χ0v) is 14.4. The van der Waals surface area contributed by atoms with Gasteiger partial charge in [0.2, 0.25) is 0 Å². The van der Waals surface area contributed by atoms with Gasteiger partial charge in [-0.05, 0) is 54.9 Å². The number of hydrogen-bond donors (Lipinski definition) is 0. The number of hydrogen-bond acceptors (Lipinski definition) is 3. The number of amides is 1. The molecule has 112 valence electrons. The Bertz CT molecular complexity index is 655. The number of aromatic nitrogens is 1. The molecule has 0 aliphatic rings. The predicted octanol–water partition coefficient (Wildman–Crippen LogP) is 4.45. The molecule has 0 bridgehead atoms. The van der Waals surface area contributed by atoms with E-state index in [-0.39, 0.29) is 17.1 Å². The second-order valence-corrected chi connectivity index (χ2v) is 6.30. The molecule has 4 nitrogen and oxygen atoms in total. The van der Waals surface area contributed by atoms with Crippen LogP contribution in [0.1, 0.15) is 35.7 Å². The average Bonchev–Trinajstić information content (AvgIpc) is 2.83. The van der Waals surface area contributed by atoms with Crippen LogP contribution in [0, 0.1) is 6.92 Å². The SMILES string of the molecule is Cc1ccc(CN(C(=O)c2cc(Br)cnc2Cl)C(C)C)o1. The van der Waals surface area contributed by atoms with Gasteiger partial charge in [0, 0.05) is 16.7 Å². The quantitative estimate of drug-likeness (QED) is 0.746. The molecule has 0 saturated heterocycles. The Hall–Kier alpha value is -1.33. The minimum Gasteiger partial charge on any atom is -0.464 e. The van der Waals surface area contributed by atoms with Crippen molar-refractivity contribution in [3.05, 3.63) is 51.1 Å². The van der Waals surface area contributed by atoms with E-state index in [0.29, 0.717) is 16.6 Å². The number of furan rings is 1. The third-order valence-electron chi connectivity index (χ3n) is 3.04. The molecule has 0 unspecified atom stereocenters. The zero-order chi connectivity index (χ0) is 15.6. The fourth-order valence-corrected chi connectivity index (χ4v) is 2.47. The Balaban J connectivity index is 2.29. The summed E-state index contributed by atoms with van der Waals surface area (Å²) in [4.78, 5) is 18.4. The number of rotatable bonds is 4. The van der Waals surface area contributed by atoms with Crippen LogP contribution in [0.25, 0.3) is 0 Å². The molecule has 2 aromatic rings. The van der Waals surface area contributed by atoms with Gasteiger partial charge >= 0.3 is 0 Å². The molecule has 1 amide bonds. The van der Waals surface area contributed by atoms with Gasteiger partial charge in [0.1, 0.15) is 16.7 Å². The Labute approximate surface area is 137 Å². The van der Waals surface area contributed by atoms with Gasteiger partial charge in [0.25, 0.3) is 5.91 Å². The number of carbonyl (C=O) groups excluding carboxylic acids is 1. The number of pyridine rings is 1. The minimum atomic E-state index is -0.169. The van der Waals surface area contributed by atoms with Crippen LogP contribution in [-0.4, -0.2) is 21.8 Å². The summed E-state index contributed by atoms with van der Waals surface area (Å²) in [6, 6.07) is 5.45. The van der Waals surface area contributed by atoms with Gasteiger partial charge in [-0.1, -0.05) is 11.6 Å². The van der Waals surface area contributed by atoms with Crippen molar-refractivity contribution < 1.29 is 9.21 Å². The fraction of sp³-hybridized carbons (Fsp3) is 0.333. The van der Waals surface area contributed by atoms with Crippen molar-refractivity contribution in [1.82, 2.24) is 9.88 Å². The topological polar surface area (TPSA) is 46.3 Å². The maximum absolute atomic E-state index is 12.7. The van der Waals surface area contributed by atoms with Gasteiger partial charge < -0.3 is 9.32 Å². The van der Waals surface area contributed by atoms with Crippen LogP contribution in [0.5, 0.6) is 0 Å². The average molecular weight is 372 g/mol. The summed E-state index contributed by atoms with van der Waals surface area (Å²) in [5.41, 5.74) is 0.378. The highest BCUT2D eigenvalue weighted by atomic mass is 79.9. The van der Waals surface area contributed by atoms with Crippen LogP contribution in [0.15, 0.2) is 33.3 Å². The zero-order valence-electron chi connectivity index (χ0n) is 12.1. The Morgan fingerprint density at radius 3 is 2.76 bits per heavy atom. The van der Waals surface area contributed by atoms with Crippen LogP contribution in [0.2, 0.25) is 5.15 Å². The summed E-state index contributed by atoms with van der Waals surface area (Å²) in [5.74, 6) is 1.40. The molecule has 0 spiro atoms. The van der Waals surface area contributed by atoms with Gasteiger partial charge in [-0.25, -0.2) is 4.98 Å². The molecule has 2 heterocycles. The number of aryl methyl sites for hydroxylation is 1. The lowest BCUT2D eigenvalue weighted by atomic mass is 10.2. The predicted molar refractivity (Wildman–Crippen MR) is 85.4 cm³/mol. The van der Waals surface area contributed by atoms with E-state index in [0.717, 1.165) is 11.5 Å². The Kier molecular flexibility index (Phi) is 5.06. The van der Waals surface area contributed by atoms with E-state index in [2.05, 4.69) is 20.9 Å². The summed E-state index contributed by atoms with van der Waals surface area (Å²) >= 11 is 9.35. The largest absolute Gasteiger partial charge is 0.464 e. The van der Waals surface area contributed by atoms with E-state index in [1.807, 2.05) is 32.9 Å². The van der Waals surface area contributed by atoms with Gasteiger partial charge in [-0.2, -0.15) is 0 Å². The number of nitrogens with zero attached hydrogens (tertiary/aromatic N) is 2. The van der Waals surface area contributed by atoms with E-state index < -0.39 is 0 Å². The van der Waals surface area contributed by atoms with Crippen molar-refractivity contribution in [2.24, 2.45) is 0 Å². The summed E-state index contributed by atoms with van der Waals surface area (Å²) in [5, 5.41) is 0.199. The molecule has 0 atom stereocenters. The first-order valence-electron chi connectivity index (χ1n) is 6.56. The van der Waals surface area contributed by atoms with Crippen LogP contribution in [0.3, 0.4) is 0 Å². The molecule has 0 aromatic carbocycles.